The number of hydrogen-bond donors (Lipinski definition) is 2. The number of carbonyl (C=O) groups is 1. The molecule has 0 unspecified atom stereocenters. The molecule has 0 aliphatic carbocycles. The number of nitrogens with two attached hydrogens (primary N) is 1. The smallest absolute Gasteiger partial charge is 0.253 e. The van der Waals surface area contributed by atoms with Gasteiger partial charge < -0.3 is 11.1 Å². The lowest BCUT2D eigenvalue weighted by Gasteiger charge is -2.06. The van der Waals surface area contributed by atoms with Crippen molar-refractivity contribution in [2.24, 2.45) is 0 Å². The number of aromatic nitrogens is 3. The van der Waals surface area contributed by atoms with E-state index in [1.807, 2.05) is 6.92 Å². The first-order chi connectivity index (χ1) is 8.66. The molecule has 3 N–H and O–H groups in total. The maximum absolute atomic E-state index is 11.9. The Labute approximate surface area is 105 Å². The molecule has 0 fully saturated rings. The van der Waals surface area contributed by atoms with E-state index in [2.05, 4.69) is 15.4 Å². The molecule has 0 saturated heterocycles. The predicted octanol–water partition coefficient (Wildman–Crippen LogP) is 0.599. The molecule has 6 nitrogen and oxygen atoms in total. The topological polar surface area (TPSA) is 85.8 Å². The molecule has 94 valence electrons. The summed E-state index contributed by atoms with van der Waals surface area (Å²) in [5.41, 5.74) is 7.47. The molecule has 0 saturated carbocycles. The molecule has 2 aromatic heterocycles. The van der Waals surface area contributed by atoms with E-state index in [-0.39, 0.29) is 5.91 Å². The fourth-order valence-corrected chi connectivity index (χ4v) is 1.61. The Morgan fingerprint density at radius 3 is 3.06 bits per heavy atom. The first-order valence-electron chi connectivity index (χ1n) is 5.64. The minimum atomic E-state index is -0.124. The van der Waals surface area contributed by atoms with Gasteiger partial charge in [0.05, 0.1) is 24.0 Å². The Hall–Kier alpha value is -2.37. The van der Waals surface area contributed by atoms with Gasteiger partial charge in [-0.3, -0.25) is 14.5 Å². The van der Waals surface area contributed by atoms with Crippen molar-refractivity contribution in [1.29, 1.82) is 0 Å². The second kappa shape index (κ2) is 5.31. The number of nitrogens with one attached hydrogen (secondary N) is 1. The van der Waals surface area contributed by atoms with Gasteiger partial charge in [0.15, 0.2) is 0 Å². The van der Waals surface area contributed by atoms with E-state index in [0.29, 0.717) is 24.3 Å². The number of rotatable bonds is 4. The summed E-state index contributed by atoms with van der Waals surface area (Å²) in [6.07, 6.45) is 4.97. The quantitative estimate of drug-likeness (QED) is 0.825. The van der Waals surface area contributed by atoms with Crippen molar-refractivity contribution in [3.63, 3.8) is 0 Å². The lowest BCUT2D eigenvalue weighted by molar-refractivity contribution is 0.0951. The normalized spacial score (nSPS) is 10.3. The van der Waals surface area contributed by atoms with Gasteiger partial charge in [0.1, 0.15) is 0 Å². The molecule has 0 spiro atoms. The number of aryl methyl sites for hydroxylation is 1. The summed E-state index contributed by atoms with van der Waals surface area (Å²) in [7, 11) is 0. The third kappa shape index (κ3) is 2.85. The molecule has 2 aromatic rings. The molecule has 0 radical (unpaired) electrons. The zero-order chi connectivity index (χ0) is 13.0. The average molecular weight is 245 g/mol. The van der Waals surface area contributed by atoms with E-state index in [9.17, 15) is 4.79 Å². The summed E-state index contributed by atoms with van der Waals surface area (Å²) in [6, 6.07) is 3.50. The first-order valence-corrected chi connectivity index (χ1v) is 5.64. The van der Waals surface area contributed by atoms with Crippen molar-refractivity contribution in [3.05, 3.63) is 42.0 Å². The highest BCUT2D eigenvalue weighted by atomic mass is 16.1. The van der Waals surface area contributed by atoms with E-state index in [4.69, 9.17) is 5.73 Å². The van der Waals surface area contributed by atoms with Gasteiger partial charge in [0.2, 0.25) is 0 Å². The van der Waals surface area contributed by atoms with Gasteiger partial charge in [0, 0.05) is 24.6 Å². The largest absolute Gasteiger partial charge is 0.396 e. The molecule has 18 heavy (non-hydrogen) atoms. The molecular weight excluding hydrogens is 230 g/mol. The number of anilines is 1. The molecule has 2 heterocycles. The number of pyridine rings is 1. The fourth-order valence-electron chi connectivity index (χ4n) is 1.61. The summed E-state index contributed by atoms with van der Waals surface area (Å²) in [6.45, 7) is 2.89. The van der Waals surface area contributed by atoms with Crippen LogP contribution in [-0.2, 0) is 6.54 Å². The lowest BCUT2D eigenvalue weighted by atomic mass is 10.2. The van der Waals surface area contributed by atoms with Crippen molar-refractivity contribution < 1.29 is 4.79 Å². The molecule has 0 aliphatic heterocycles. The van der Waals surface area contributed by atoms with E-state index >= 15 is 0 Å². The molecule has 2 rings (SSSR count). The standard InChI is InChI=1S/C12H15N5O/c1-9-11(3-2-4-14-9)12(18)15-5-6-17-8-10(13)7-16-17/h2-4,7-8H,5-6,13H2,1H3,(H,15,18). The number of nitrogens with zero attached hydrogens (tertiary/aromatic N) is 3. The van der Waals surface area contributed by atoms with Crippen LogP contribution >= 0.6 is 0 Å². The summed E-state index contributed by atoms with van der Waals surface area (Å²) in [5, 5.41) is 6.85. The molecule has 0 atom stereocenters. The van der Waals surface area contributed by atoms with Gasteiger partial charge in [-0.25, -0.2) is 0 Å². The van der Waals surface area contributed by atoms with Crippen LogP contribution in [0.4, 0.5) is 5.69 Å². The Morgan fingerprint density at radius 1 is 1.56 bits per heavy atom. The molecular formula is C12H15N5O. The summed E-state index contributed by atoms with van der Waals surface area (Å²) < 4.78 is 1.69. The first kappa shape index (κ1) is 12.1. The van der Waals surface area contributed by atoms with Crippen LogP contribution in [0.5, 0.6) is 0 Å². The minimum Gasteiger partial charge on any atom is -0.396 e. The summed E-state index contributed by atoms with van der Waals surface area (Å²) in [4.78, 5) is 15.9. The zero-order valence-electron chi connectivity index (χ0n) is 10.1. The van der Waals surface area contributed by atoms with Crippen LogP contribution < -0.4 is 11.1 Å². The van der Waals surface area contributed by atoms with Crippen LogP contribution in [0.2, 0.25) is 0 Å². The van der Waals surface area contributed by atoms with Crippen molar-refractivity contribution in [1.82, 2.24) is 20.1 Å². The summed E-state index contributed by atoms with van der Waals surface area (Å²) >= 11 is 0. The lowest BCUT2D eigenvalue weighted by Crippen LogP contribution is -2.28. The summed E-state index contributed by atoms with van der Waals surface area (Å²) in [5.74, 6) is -0.124. The average Bonchev–Trinajstić information content (AvgIpc) is 2.75. The van der Waals surface area contributed by atoms with E-state index < -0.39 is 0 Å². The van der Waals surface area contributed by atoms with Gasteiger partial charge in [-0.2, -0.15) is 5.10 Å². The van der Waals surface area contributed by atoms with Gasteiger partial charge in [-0.15, -0.1) is 0 Å². The third-order valence-corrected chi connectivity index (χ3v) is 2.53. The number of nitrogen functional groups attached to an aromatic ring is 1. The highest BCUT2D eigenvalue weighted by molar-refractivity contribution is 5.95. The third-order valence-electron chi connectivity index (χ3n) is 2.53. The van der Waals surface area contributed by atoms with Gasteiger partial charge >= 0.3 is 0 Å². The number of hydrogen-bond acceptors (Lipinski definition) is 4. The van der Waals surface area contributed by atoms with Crippen LogP contribution in [-0.4, -0.2) is 27.2 Å². The Balaban J connectivity index is 1.87. The van der Waals surface area contributed by atoms with Gasteiger partial charge in [-0.05, 0) is 19.1 Å². The Kier molecular flexibility index (Phi) is 3.57. The van der Waals surface area contributed by atoms with Crippen LogP contribution in [0.15, 0.2) is 30.7 Å². The Morgan fingerprint density at radius 2 is 2.39 bits per heavy atom. The monoisotopic (exact) mass is 245 g/mol. The van der Waals surface area contributed by atoms with E-state index in [1.165, 1.54) is 0 Å². The molecule has 6 heteroatoms. The van der Waals surface area contributed by atoms with Crippen molar-refractivity contribution >= 4 is 11.6 Å². The van der Waals surface area contributed by atoms with Gasteiger partial charge in [0.25, 0.3) is 5.91 Å². The van der Waals surface area contributed by atoms with E-state index in [0.717, 1.165) is 5.69 Å². The van der Waals surface area contributed by atoms with Crippen molar-refractivity contribution in [2.75, 3.05) is 12.3 Å². The molecule has 1 amide bonds. The van der Waals surface area contributed by atoms with E-state index in [1.54, 1.807) is 35.4 Å². The van der Waals surface area contributed by atoms with Crippen molar-refractivity contribution in [2.45, 2.75) is 13.5 Å². The van der Waals surface area contributed by atoms with Crippen LogP contribution in [0.25, 0.3) is 0 Å². The maximum atomic E-state index is 11.9. The highest BCUT2D eigenvalue weighted by Gasteiger charge is 2.08. The maximum Gasteiger partial charge on any atom is 0.253 e. The predicted molar refractivity (Wildman–Crippen MR) is 67.9 cm³/mol. The second-order valence-corrected chi connectivity index (χ2v) is 3.93. The molecule has 0 aliphatic rings. The second-order valence-electron chi connectivity index (χ2n) is 3.93. The fraction of sp³-hybridized carbons (Fsp3) is 0.250. The zero-order valence-corrected chi connectivity index (χ0v) is 10.1. The number of amides is 1. The SMILES string of the molecule is Cc1ncccc1C(=O)NCCn1cc(N)cn1. The number of carbonyl (C=O) groups excluding carboxylic acids is 1. The van der Waals surface area contributed by atoms with Crippen LogP contribution in [0, 0.1) is 6.92 Å². The molecule has 0 bridgehead atoms. The minimum absolute atomic E-state index is 0.124. The van der Waals surface area contributed by atoms with Gasteiger partial charge in [-0.1, -0.05) is 0 Å². The highest BCUT2D eigenvalue weighted by Crippen LogP contribution is 2.03. The molecule has 0 aromatic carbocycles. The van der Waals surface area contributed by atoms with Crippen molar-refractivity contribution in [3.8, 4) is 0 Å². The van der Waals surface area contributed by atoms with Crippen LogP contribution in [0.3, 0.4) is 0 Å². The Bertz CT molecular complexity index is 549. The van der Waals surface area contributed by atoms with Crippen LogP contribution in [0.1, 0.15) is 16.1 Å².